The summed E-state index contributed by atoms with van der Waals surface area (Å²) in [5.74, 6) is 0.278. The molecule has 1 saturated heterocycles. The highest BCUT2D eigenvalue weighted by atomic mass is 35.5. The van der Waals surface area contributed by atoms with Crippen LogP contribution in [0.15, 0.2) is 18.2 Å². The fraction of sp³-hybridized carbons (Fsp3) is 0.632. The molecule has 4 nitrogen and oxygen atoms in total. The Morgan fingerprint density at radius 1 is 1.42 bits per heavy atom. The largest absolute Gasteiger partial charge is 0.466 e. The average Bonchev–Trinajstić information content (AvgIpc) is 3.15. The van der Waals surface area contributed by atoms with Crippen molar-refractivity contribution in [2.45, 2.75) is 40.2 Å². The van der Waals surface area contributed by atoms with E-state index in [-0.39, 0.29) is 23.8 Å². The molecule has 1 unspecified atom stereocenters. The third kappa shape index (κ3) is 3.40. The van der Waals surface area contributed by atoms with Crippen molar-refractivity contribution in [1.82, 2.24) is 4.90 Å². The van der Waals surface area contributed by atoms with Gasteiger partial charge in [-0.2, -0.15) is 0 Å². The number of hydrogen-bond donors (Lipinski definition) is 1. The van der Waals surface area contributed by atoms with Gasteiger partial charge in [0.1, 0.15) is 0 Å². The molecule has 2 aliphatic heterocycles. The summed E-state index contributed by atoms with van der Waals surface area (Å²) in [5.41, 5.74) is 3.73. The van der Waals surface area contributed by atoms with E-state index in [4.69, 9.17) is 4.74 Å². The molecule has 0 bridgehead atoms. The second-order valence-corrected chi connectivity index (χ2v) is 7.12. The van der Waals surface area contributed by atoms with Crippen LogP contribution in [0.1, 0.15) is 38.3 Å². The third-order valence-corrected chi connectivity index (χ3v) is 5.49. The average molecular weight is 353 g/mol. The van der Waals surface area contributed by atoms with Gasteiger partial charge < -0.3 is 10.1 Å². The quantitative estimate of drug-likeness (QED) is 0.824. The number of benzene rings is 1. The van der Waals surface area contributed by atoms with E-state index in [9.17, 15) is 4.79 Å². The lowest BCUT2D eigenvalue weighted by Crippen LogP contribution is -2.40. The number of carbonyl (C=O) groups is 1. The molecule has 1 aromatic rings. The van der Waals surface area contributed by atoms with E-state index in [1.165, 1.54) is 16.8 Å². The minimum absolute atomic E-state index is 0. The molecule has 0 aliphatic carbocycles. The van der Waals surface area contributed by atoms with Gasteiger partial charge in [-0.1, -0.05) is 32.0 Å². The predicted molar refractivity (Wildman–Crippen MR) is 99.7 cm³/mol. The van der Waals surface area contributed by atoms with Crippen LogP contribution in [-0.2, 0) is 22.5 Å². The summed E-state index contributed by atoms with van der Waals surface area (Å²) in [7, 11) is 0. The molecule has 0 amide bonds. The van der Waals surface area contributed by atoms with Gasteiger partial charge in [-0.3, -0.25) is 9.69 Å². The minimum Gasteiger partial charge on any atom is -0.466 e. The minimum atomic E-state index is -0.346. The van der Waals surface area contributed by atoms with E-state index in [2.05, 4.69) is 42.3 Å². The molecule has 1 atom stereocenters. The summed E-state index contributed by atoms with van der Waals surface area (Å²) < 4.78 is 5.39. The van der Waals surface area contributed by atoms with Crippen molar-refractivity contribution in [3.05, 3.63) is 29.3 Å². The zero-order valence-electron chi connectivity index (χ0n) is 14.9. The molecule has 1 fully saturated rings. The monoisotopic (exact) mass is 352 g/mol. The Labute approximate surface area is 151 Å². The molecule has 1 aromatic carbocycles. The van der Waals surface area contributed by atoms with Gasteiger partial charge in [-0.15, -0.1) is 12.4 Å². The number of para-hydroxylation sites is 1. The maximum atomic E-state index is 12.5. The van der Waals surface area contributed by atoms with Gasteiger partial charge in [0.05, 0.1) is 12.0 Å². The molecule has 5 heteroatoms. The molecular formula is C19H29ClN2O2. The normalized spacial score (nSPS) is 22.8. The highest BCUT2D eigenvalue weighted by molar-refractivity contribution is 5.85. The van der Waals surface area contributed by atoms with Crippen molar-refractivity contribution in [2.75, 3.05) is 31.6 Å². The first-order chi connectivity index (χ1) is 11.1. The lowest BCUT2D eigenvalue weighted by molar-refractivity contribution is -0.157. The van der Waals surface area contributed by atoms with Crippen LogP contribution in [0.3, 0.4) is 0 Å². The van der Waals surface area contributed by atoms with E-state index in [1.54, 1.807) is 0 Å². The molecule has 0 spiro atoms. The van der Waals surface area contributed by atoms with Gasteiger partial charge >= 0.3 is 5.97 Å². The van der Waals surface area contributed by atoms with Crippen molar-refractivity contribution in [3.63, 3.8) is 0 Å². The summed E-state index contributed by atoms with van der Waals surface area (Å²) in [6.45, 7) is 10.3. The first-order valence-electron chi connectivity index (χ1n) is 8.81. The van der Waals surface area contributed by atoms with Crippen LogP contribution < -0.4 is 5.32 Å². The number of ether oxygens (including phenoxy) is 1. The van der Waals surface area contributed by atoms with E-state index in [0.29, 0.717) is 12.5 Å². The molecule has 1 N–H and O–H groups in total. The van der Waals surface area contributed by atoms with Gasteiger partial charge in [-0.05, 0) is 43.4 Å². The fourth-order valence-corrected chi connectivity index (χ4v) is 3.98. The number of anilines is 1. The van der Waals surface area contributed by atoms with Gasteiger partial charge in [-0.25, -0.2) is 0 Å². The Morgan fingerprint density at radius 2 is 2.21 bits per heavy atom. The summed E-state index contributed by atoms with van der Waals surface area (Å²) >= 11 is 0. The van der Waals surface area contributed by atoms with Gasteiger partial charge in [0.15, 0.2) is 0 Å². The van der Waals surface area contributed by atoms with E-state index < -0.39 is 0 Å². The lowest BCUT2D eigenvalue weighted by atomic mass is 9.76. The Balaban J connectivity index is 0.00000208. The predicted octanol–water partition coefficient (Wildman–Crippen LogP) is 3.49. The second kappa shape index (κ2) is 7.75. The first-order valence-corrected chi connectivity index (χ1v) is 8.81. The maximum absolute atomic E-state index is 12.5. The second-order valence-electron chi connectivity index (χ2n) is 7.12. The smallest absolute Gasteiger partial charge is 0.313 e. The van der Waals surface area contributed by atoms with Crippen molar-refractivity contribution in [1.29, 1.82) is 0 Å². The number of hydrogen-bond acceptors (Lipinski definition) is 4. The third-order valence-electron chi connectivity index (χ3n) is 5.49. The number of nitrogens with zero attached hydrogens (tertiary/aromatic N) is 1. The number of fused-ring (bicyclic) bond motifs is 1. The van der Waals surface area contributed by atoms with E-state index in [0.717, 1.165) is 39.0 Å². The van der Waals surface area contributed by atoms with Crippen LogP contribution in [0.2, 0.25) is 0 Å². The summed E-state index contributed by atoms with van der Waals surface area (Å²) in [5, 5.41) is 3.51. The van der Waals surface area contributed by atoms with E-state index >= 15 is 0 Å². The molecule has 0 radical (unpaired) electrons. The van der Waals surface area contributed by atoms with Gasteiger partial charge in [0, 0.05) is 25.3 Å². The Hall–Kier alpha value is -1.26. The van der Waals surface area contributed by atoms with Crippen molar-refractivity contribution < 1.29 is 9.53 Å². The molecule has 2 heterocycles. The van der Waals surface area contributed by atoms with Crippen LogP contribution in [0, 0.1) is 11.3 Å². The number of carbonyl (C=O) groups excluding carboxylic acids is 1. The maximum Gasteiger partial charge on any atom is 0.313 e. The summed E-state index contributed by atoms with van der Waals surface area (Å²) in [6.07, 6.45) is 2.01. The SMILES string of the molecule is CCOC(=O)C1(C(C)C)CCN(Cc2cccc3c2NCC3)C1.Cl. The van der Waals surface area contributed by atoms with Crippen LogP contribution in [-0.4, -0.2) is 37.1 Å². The van der Waals surface area contributed by atoms with Crippen molar-refractivity contribution in [2.24, 2.45) is 11.3 Å². The number of rotatable bonds is 5. The van der Waals surface area contributed by atoms with Crippen LogP contribution in [0.5, 0.6) is 0 Å². The molecular weight excluding hydrogens is 324 g/mol. The van der Waals surface area contributed by atoms with Gasteiger partial charge in [0.25, 0.3) is 0 Å². The number of likely N-dealkylation sites (tertiary alicyclic amines) is 1. The molecule has 24 heavy (non-hydrogen) atoms. The van der Waals surface area contributed by atoms with Crippen LogP contribution in [0.4, 0.5) is 5.69 Å². The van der Waals surface area contributed by atoms with Crippen molar-refractivity contribution in [3.8, 4) is 0 Å². The van der Waals surface area contributed by atoms with Gasteiger partial charge in [0.2, 0.25) is 0 Å². The highest BCUT2D eigenvalue weighted by Crippen LogP contribution is 2.40. The zero-order chi connectivity index (χ0) is 16.4. The lowest BCUT2D eigenvalue weighted by Gasteiger charge is -2.31. The first kappa shape index (κ1) is 19.1. The summed E-state index contributed by atoms with van der Waals surface area (Å²) in [4.78, 5) is 14.9. The Morgan fingerprint density at radius 3 is 2.92 bits per heavy atom. The number of nitrogens with one attached hydrogen (secondary N) is 1. The molecule has 3 rings (SSSR count). The molecule has 134 valence electrons. The number of esters is 1. The Kier molecular flexibility index (Phi) is 6.16. The van der Waals surface area contributed by atoms with Crippen molar-refractivity contribution >= 4 is 24.1 Å². The molecule has 0 saturated carbocycles. The number of halogens is 1. The topological polar surface area (TPSA) is 41.6 Å². The summed E-state index contributed by atoms with van der Waals surface area (Å²) in [6, 6.07) is 6.56. The van der Waals surface area contributed by atoms with E-state index in [1.807, 2.05) is 6.92 Å². The standard InChI is InChI=1S/C19H28N2O2.ClH/c1-4-23-18(22)19(14(2)3)9-11-21(13-19)12-16-7-5-6-15-8-10-20-17(15)16;/h5-7,14,20H,4,8-13H2,1-3H3;1H. The zero-order valence-corrected chi connectivity index (χ0v) is 15.7. The van der Waals surface area contributed by atoms with Crippen LogP contribution >= 0.6 is 12.4 Å². The molecule has 2 aliphatic rings. The molecule has 0 aromatic heterocycles. The van der Waals surface area contributed by atoms with Crippen LogP contribution in [0.25, 0.3) is 0 Å². The highest BCUT2D eigenvalue weighted by Gasteiger charge is 2.48. The Bertz CT molecular complexity index is 591. The fourth-order valence-electron chi connectivity index (χ4n) is 3.98.